The Labute approximate surface area is 183 Å². The van der Waals surface area contributed by atoms with Gasteiger partial charge in [-0.2, -0.15) is 5.10 Å². The fourth-order valence-electron chi connectivity index (χ4n) is 3.32. The van der Waals surface area contributed by atoms with Gasteiger partial charge in [0.15, 0.2) is 11.6 Å². The van der Waals surface area contributed by atoms with Crippen molar-refractivity contribution in [3.05, 3.63) is 94.5 Å². The Morgan fingerprint density at radius 3 is 2.42 bits per heavy atom. The molecule has 0 spiro atoms. The quantitative estimate of drug-likeness (QED) is 0.436. The zero-order chi connectivity index (χ0) is 22.0. The maximum Gasteiger partial charge on any atom is 0.159 e. The van der Waals surface area contributed by atoms with Crippen molar-refractivity contribution in [1.29, 1.82) is 0 Å². The van der Waals surface area contributed by atoms with Crippen molar-refractivity contribution >= 4 is 11.6 Å². The minimum atomic E-state index is -0.656. The second-order valence-electron chi connectivity index (χ2n) is 7.22. The minimum absolute atomic E-state index is 0.0480. The lowest BCUT2D eigenvalue weighted by molar-refractivity contribution is 0.565. The van der Waals surface area contributed by atoms with Gasteiger partial charge >= 0.3 is 0 Å². The van der Waals surface area contributed by atoms with Crippen molar-refractivity contribution < 1.29 is 8.78 Å². The lowest BCUT2D eigenvalue weighted by atomic mass is 10.1. The summed E-state index contributed by atoms with van der Waals surface area (Å²) in [5.41, 5.74) is 3.73. The average molecular weight is 440 g/mol. The molecule has 5 nitrogen and oxygen atoms in total. The van der Waals surface area contributed by atoms with Gasteiger partial charge < -0.3 is 5.32 Å². The Balaban J connectivity index is 1.44. The van der Waals surface area contributed by atoms with E-state index >= 15 is 0 Å². The van der Waals surface area contributed by atoms with Crippen LogP contribution < -0.4 is 5.32 Å². The Bertz CT molecular complexity index is 1190. The van der Waals surface area contributed by atoms with E-state index in [2.05, 4.69) is 20.4 Å². The summed E-state index contributed by atoms with van der Waals surface area (Å²) in [5, 5.41) is 8.36. The molecule has 0 radical (unpaired) electrons. The SMILES string of the molecule is Cc1c(C(C)NCc2cnc(-c3ccc(Cl)cc3)nc2)cnn1-c1ccc(F)cc1F. The molecule has 2 aromatic carbocycles. The Morgan fingerprint density at radius 2 is 1.74 bits per heavy atom. The van der Waals surface area contributed by atoms with Gasteiger partial charge in [-0.15, -0.1) is 0 Å². The molecule has 4 rings (SSSR count). The number of nitrogens with zero attached hydrogens (tertiary/aromatic N) is 4. The lowest BCUT2D eigenvalue weighted by Gasteiger charge is -2.14. The third kappa shape index (κ3) is 4.62. The first kappa shape index (κ1) is 21.1. The van der Waals surface area contributed by atoms with Gasteiger partial charge in [-0.25, -0.2) is 23.4 Å². The van der Waals surface area contributed by atoms with Crippen LogP contribution in [0, 0.1) is 18.6 Å². The van der Waals surface area contributed by atoms with Crippen molar-refractivity contribution in [1.82, 2.24) is 25.1 Å². The topological polar surface area (TPSA) is 55.6 Å². The fourth-order valence-corrected chi connectivity index (χ4v) is 3.44. The number of hydrogen-bond acceptors (Lipinski definition) is 4. The summed E-state index contributed by atoms with van der Waals surface area (Å²) >= 11 is 5.92. The van der Waals surface area contributed by atoms with Crippen molar-refractivity contribution in [3.8, 4) is 17.1 Å². The first-order chi connectivity index (χ1) is 14.9. The van der Waals surface area contributed by atoms with Gasteiger partial charge in [0, 0.05) is 58.5 Å². The van der Waals surface area contributed by atoms with Crippen LogP contribution in [0.5, 0.6) is 0 Å². The minimum Gasteiger partial charge on any atom is -0.306 e. The van der Waals surface area contributed by atoms with Crippen LogP contribution >= 0.6 is 11.6 Å². The molecule has 0 aliphatic heterocycles. The van der Waals surface area contributed by atoms with Crippen LogP contribution in [-0.2, 0) is 6.54 Å². The van der Waals surface area contributed by atoms with Gasteiger partial charge in [0.25, 0.3) is 0 Å². The monoisotopic (exact) mass is 439 g/mol. The van der Waals surface area contributed by atoms with Crippen molar-refractivity contribution in [3.63, 3.8) is 0 Å². The van der Waals surface area contributed by atoms with E-state index in [9.17, 15) is 8.78 Å². The summed E-state index contributed by atoms with van der Waals surface area (Å²) in [6.07, 6.45) is 5.25. The highest BCUT2D eigenvalue weighted by atomic mass is 35.5. The molecule has 31 heavy (non-hydrogen) atoms. The van der Waals surface area contributed by atoms with E-state index < -0.39 is 11.6 Å². The second kappa shape index (κ2) is 8.91. The van der Waals surface area contributed by atoms with Crippen molar-refractivity contribution in [2.24, 2.45) is 0 Å². The smallest absolute Gasteiger partial charge is 0.159 e. The van der Waals surface area contributed by atoms with Crippen molar-refractivity contribution in [2.75, 3.05) is 0 Å². The van der Waals surface area contributed by atoms with Gasteiger partial charge in [-0.3, -0.25) is 0 Å². The normalized spacial score (nSPS) is 12.2. The molecule has 0 bridgehead atoms. The average Bonchev–Trinajstić information content (AvgIpc) is 3.14. The molecule has 0 saturated carbocycles. The summed E-state index contributed by atoms with van der Waals surface area (Å²) in [4.78, 5) is 8.85. The van der Waals surface area contributed by atoms with Gasteiger partial charge in [0.05, 0.1) is 6.20 Å². The first-order valence-corrected chi connectivity index (χ1v) is 10.1. The zero-order valence-corrected chi connectivity index (χ0v) is 17.7. The van der Waals surface area contributed by atoms with E-state index in [0.29, 0.717) is 17.4 Å². The predicted molar refractivity (Wildman–Crippen MR) is 116 cm³/mol. The highest BCUT2D eigenvalue weighted by Crippen LogP contribution is 2.23. The molecule has 0 saturated heterocycles. The van der Waals surface area contributed by atoms with E-state index in [1.807, 2.05) is 26.0 Å². The number of hydrogen-bond donors (Lipinski definition) is 1. The number of benzene rings is 2. The maximum absolute atomic E-state index is 14.1. The van der Waals surface area contributed by atoms with Crippen LogP contribution in [-0.4, -0.2) is 19.7 Å². The summed E-state index contributed by atoms with van der Waals surface area (Å²) in [6.45, 7) is 4.41. The molecule has 4 aromatic rings. The molecule has 0 aliphatic carbocycles. The Hall–Kier alpha value is -3.16. The van der Waals surface area contributed by atoms with Crippen LogP contribution in [0.15, 0.2) is 61.1 Å². The van der Waals surface area contributed by atoms with Crippen LogP contribution in [0.2, 0.25) is 5.02 Å². The fraction of sp³-hybridized carbons (Fsp3) is 0.174. The standard InChI is InChI=1S/C23H20ClF2N5/c1-14(20-13-30-31(15(20)2)22-8-7-19(25)9-21(22)26)27-10-16-11-28-23(29-12-16)17-3-5-18(24)6-4-17/h3-9,11-14,27H,10H2,1-2H3. The summed E-state index contributed by atoms with van der Waals surface area (Å²) in [7, 11) is 0. The van der Waals surface area contributed by atoms with E-state index in [1.165, 1.54) is 16.8 Å². The number of halogens is 3. The Morgan fingerprint density at radius 1 is 1.03 bits per heavy atom. The highest BCUT2D eigenvalue weighted by Gasteiger charge is 2.16. The molecule has 158 valence electrons. The van der Waals surface area contributed by atoms with Crippen molar-refractivity contribution in [2.45, 2.75) is 26.4 Å². The molecule has 1 unspecified atom stereocenters. The third-order valence-electron chi connectivity index (χ3n) is 5.07. The van der Waals surface area contributed by atoms with E-state index in [1.54, 1.807) is 30.7 Å². The Kier molecular flexibility index (Phi) is 6.06. The van der Waals surface area contributed by atoms with E-state index in [4.69, 9.17) is 11.6 Å². The summed E-state index contributed by atoms with van der Waals surface area (Å²) < 4.78 is 28.8. The predicted octanol–water partition coefficient (Wildman–Crippen LogP) is 5.42. The molecule has 1 N–H and O–H groups in total. The number of aromatic nitrogens is 4. The van der Waals surface area contributed by atoms with Gasteiger partial charge in [0.2, 0.25) is 0 Å². The number of rotatable bonds is 6. The first-order valence-electron chi connectivity index (χ1n) is 9.72. The highest BCUT2D eigenvalue weighted by molar-refractivity contribution is 6.30. The molecule has 2 aromatic heterocycles. The van der Waals surface area contributed by atoms with Gasteiger partial charge in [0.1, 0.15) is 11.5 Å². The molecular formula is C23H20ClF2N5. The second-order valence-corrected chi connectivity index (χ2v) is 7.65. The molecule has 8 heteroatoms. The molecule has 1 atom stereocenters. The number of nitrogens with one attached hydrogen (secondary N) is 1. The molecule has 0 aliphatic rings. The van der Waals surface area contributed by atoms with E-state index in [-0.39, 0.29) is 11.7 Å². The van der Waals surface area contributed by atoms with Gasteiger partial charge in [-0.1, -0.05) is 11.6 Å². The molecule has 2 heterocycles. The van der Waals surface area contributed by atoms with E-state index in [0.717, 1.165) is 28.5 Å². The maximum atomic E-state index is 14.1. The van der Waals surface area contributed by atoms with Crippen LogP contribution in [0.3, 0.4) is 0 Å². The van der Waals surface area contributed by atoms with Crippen LogP contribution in [0.25, 0.3) is 17.1 Å². The summed E-state index contributed by atoms with van der Waals surface area (Å²) in [6, 6.07) is 10.8. The summed E-state index contributed by atoms with van der Waals surface area (Å²) in [5.74, 6) is -0.645. The van der Waals surface area contributed by atoms with Crippen LogP contribution in [0.4, 0.5) is 8.78 Å². The third-order valence-corrected chi connectivity index (χ3v) is 5.32. The largest absolute Gasteiger partial charge is 0.306 e. The lowest BCUT2D eigenvalue weighted by Crippen LogP contribution is -2.19. The molecular weight excluding hydrogens is 420 g/mol. The van der Waals surface area contributed by atoms with Crippen LogP contribution in [0.1, 0.15) is 29.8 Å². The molecule has 0 fully saturated rings. The zero-order valence-electron chi connectivity index (χ0n) is 17.0. The van der Waals surface area contributed by atoms with Gasteiger partial charge in [-0.05, 0) is 50.2 Å². The molecule has 0 amide bonds.